The van der Waals surface area contributed by atoms with Crippen LogP contribution in [0.5, 0.6) is 0 Å². The van der Waals surface area contributed by atoms with Crippen LogP contribution in [0.3, 0.4) is 0 Å². The van der Waals surface area contributed by atoms with E-state index in [1.807, 2.05) is 57.2 Å². The van der Waals surface area contributed by atoms with Crippen molar-refractivity contribution in [3.63, 3.8) is 0 Å². The van der Waals surface area contributed by atoms with Crippen molar-refractivity contribution in [3.8, 4) is 5.82 Å². The summed E-state index contributed by atoms with van der Waals surface area (Å²) < 4.78 is 3.22. The molecule has 0 unspecified atom stereocenters. The number of anilines is 3. The van der Waals surface area contributed by atoms with Gasteiger partial charge in [-0.3, -0.25) is 4.79 Å². The predicted molar refractivity (Wildman–Crippen MR) is 130 cm³/mol. The van der Waals surface area contributed by atoms with E-state index in [9.17, 15) is 9.90 Å². The van der Waals surface area contributed by atoms with E-state index in [1.54, 1.807) is 17.0 Å². The van der Waals surface area contributed by atoms with Gasteiger partial charge in [-0.15, -0.1) is 6.58 Å². The van der Waals surface area contributed by atoms with Crippen molar-refractivity contribution >= 4 is 28.4 Å². The van der Waals surface area contributed by atoms with Crippen LogP contribution in [0.1, 0.15) is 19.4 Å². The molecule has 33 heavy (non-hydrogen) atoms. The number of aromatic nitrogens is 5. The van der Waals surface area contributed by atoms with Gasteiger partial charge in [-0.05, 0) is 56.7 Å². The zero-order valence-electron chi connectivity index (χ0n) is 18.9. The van der Waals surface area contributed by atoms with E-state index < -0.39 is 5.54 Å². The van der Waals surface area contributed by atoms with Gasteiger partial charge in [0.15, 0.2) is 11.5 Å². The molecular formula is C24H27N7O2. The van der Waals surface area contributed by atoms with Gasteiger partial charge >= 0.3 is 0 Å². The summed E-state index contributed by atoms with van der Waals surface area (Å²) in [7, 11) is 0. The molecule has 0 saturated carbocycles. The second-order valence-electron chi connectivity index (χ2n) is 8.43. The Morgan fingerprint density at radius 1 is 1.21 bits per heavy atom. The second-order valence-corrected chi connectivity index (χ2v) is 8.43. The van der Waals surface area contributed by atoms with Gasteiger partial charge in [0.1, 0.15) is 5.39 Å². The summed E-state index contributed by atoms with van der Waals surface area (Å²) in [4.78, 5) is 26.3. The van der Waals surface area contributed by atoms with Gasteiger partial charge in [0.25, 0.3) is 5.56 Å². The number of nitrogens with zero attached hydrogens (tertiary/aromatic N) is 5. The monoisotopic (exact) mass is 445 g/mol. The lowest BCUT2D eigenvalue weighted by atomic mass is 10.1. The van der Waals surface area contributed by atoms with Gasteiger partial charge in [0.2, 0.25) is 5.95 Å². The maximum atomic E-state index is 12.9. The van der Waals surface area contributed by atoms with Crippen LogP contribution in [0.25, 0.3) is 16.9 Å². The maximum Gasteiger partial charge on any atom is 0.278 e. The van der Waals surface area contributed by atoms with Crippen molar-refractivity contribution < 1.29 is 5.11 Å². The smallest absolute Gasteiger partial charge is 0.278 e. The van der Waals surface area contributed by atoms with Gasteiger partial charge in [-0.2, -0.15) is 4.98 Å². The fourth-order valence-corrected chi connectivity index (χ4v) is 3.50. The highest BCUT2D eigenvalue weighted by Gasteiger charge is 2.18. The molecule has 0 atom stereocenters. The van der Waals surface area contributed by atoms with E-state index in [-0.39, 0.29) is 12.2 Å². The molecule has 1 aromatic carbocycles. The van der Waals surface area contributed by atoms with E-state index in [2.05, 4.69) is 32.2 Å². The number of aryl methyl sites for hydroxylation is 1. The van der Waals surface area contributed by atoms with Crippen LogP contribution in [0, 0.1) is 6.92 Å². The van der Waals surface area contributed by atoms with Crippen LogP contribution in [0.2, 0.25) is 0 Å². The standard InChI is InChI=1S/C24H27N7O2/c1-5-12-30-22(33)18-14-26-23(28-21(18)31(30)20-8-6-7-11-25-20)27-17-9-10-19(16(2)13-17)29-24(3,4)15-32/h5-11,13-14,29,32H,1,12,15H2,2-4H3,(H,26,27,28). The molecule has 9 heteroatoms. The molecule has 3 aromatic heterocycles. The highest BCUT2D eigenvalue weighted by atomic mass is 16.3. The zero-order chi connectivity index (χ0) is 23.6. The first-order valence-corrected chi connectivity index (χ1v) is 10.6. The van der Waals surface area contributed by atoms with E-state index in [4.69, 9.17) is 0 Å². The normalized spacial score (nSPS) is 11.5. The quantitative estimate of drug-likeness (QED) is 0.357. The summed E-state index contributed by atoms with van der Waals surface area (Å²) in [5, 5.41) is 16.5. The third kappa shape index (κ3) is 4.49. The van der Waals surface area contributed by atoms with Crippen molar-refractivity contribution in [2.45, 2.75) is 32.9 Å². The number of aliphatic hydroxyl groups excluding tert-OH is 1. The van der Waals surface area contributed by atoms with Gasteiger partial charge in [-0.1, -0.05) is 12.1 Å². The lowest BCUT2D eigenvalue weighted by Gasteiger charge is -2.26. The van der Waals surface area contributed by atoms with Crippen LogP contribution in [-0.4, -0.2) is 41.6 Å². The molecule has 0 aliphatic carbocycles. The zero-order valence-corrected chi connectivity index (χ0v) is 18.9. The molecule has 0 radical (unpaired) electrons. The summed E-state index contributed by atoms with van der Waals surface area (Å²) in [6, 6.07) is 11.3. The Balaban J connectivity index is 1.72. The Kier molecular flexibility index (Phi) is 5.97. The van der Waals surface area contributed by atoms with Crippen molar-refractivity contribution in [1.29, 1.82) is 0 Å². The van der Waals surface area contributed by atoms with Gasteiger partial charge in [0.05, 0.1) is 18.7 Å². The van der Waals surface area contributed by atoms with Crippen molar-refractivity contribution in [2.24, 2.45) is 0 Å². The minimum Gasteiger partial charge on any atom is -0.394 e. The number of benzene rings is 1. The predicted octanol–water partition coefficient (Wildman–Crippen LogP) is 3.40. The molecule has 0 aliphatic rings. The number of hydrogen-bond donors (Lipinski definition) is 3. The van der Waals surface area contributed by atoms with E-state index >= 15 is 0 Å². The Morgan fingerprint density at radius 2 is 2.03 bits per heavy atom. The first-order chi connectivity index (χ1) is 15.8. The number of allylic oxidation sites excluding steroid dienone is 1. The Bertz CT molecular complexity index is 1360. The minimum absolute atomic E-state index is 0.0176. The summed E-state index contributed by atoms with van der Waals surface area (Å²) in [6.07, 6.45) is 4.85. The maximum absolute atomic E-state index is 12.9. The van der Waals surface area contributed by atoms with Gasteiger partial charge < -0.3 is 15.7 Å². The molecule has 3 N–H and O–H groups in total. The summed E-state index contributed by atoms with van der Waals surface area (Å²) in [5.41, 5.74) is 2.56. The highest BCUT2D eigenvalue weighted by Crippen LogP contribution is 2.25. The molecule has 0 spiro atoms. The molecule has 0 aliphatic heterocycles. The molecular weight excluding hydrogens is 418 g/mol. The number of fused-ring (bicyclic) bond motifs is 1. The topological polar surface area (TPSA) is 110 Å². The van der Waals surface area contributed by atoms with Crippen molar-refractivity contribution in [1.82, 2.24) is 24.3 Å². The molecule has 3 heterocycles. The fraction of sp³-hybridized carbons (Fsp3) is 0.250. The molecule has 9 nitrogen and oxygen atoms in total. The van der Waals surface area contributed by atoms with E-state index in [1.165, 1.54) is 10.9 Å². The number of hydrogen-bond acceptors (Lipinski definition) is 7. The second kappa shape index (κ2) is 8.87. The van der Waals surface area contributed by atoms with E-state index in [0.717, 1.165) is 16.9 Å². The SMILES string of the molecule is C=CCn1c(=O)c2cnc(Nc3ccc(NC(C)(C)CO)c(C)c3)nc2n1-c1ccccn1. The van der Waals surface area contributed by atoms with Crippen LogP contribution in [-0.2, 0) is 6.54 Å². The van der Waals surface area contributed by atoms with Crippen LogP contribution in [0.4, 0.5) is 17.3 Å². The summed E-state index contributed by atoms with van der Waals surface area (Å²) >= 11 is 0. The highest BCUT2D eigenvalue weighted by molar-refractivity contribution is 5.77. The Hall–Kier alpha value is -3.98. The summed E-state index contributed by atoms with van der Waals surface area (Å²) in [6.45, 7) is 9.94. The number of nitrogens with one attached hydrogen (secondary N) is 2. The molecule has 170 valence electrons. The summed E-state index contributed by atoms with van der Waals surface area (Å²) in [5.74, 6) is 0.938. The minimum atomic E-state index is -0.429. The van der Waals surface area contributed by atoms with Crippen molar-refractivity contribution in [2.75, 3.05) is 17.2 Å². The van der Waals surface area contributed by atoms with Crippen LogP contribution < -0.4 is 16.2 Å². The molecule has 0 fully saturated rings. The Morgan fingerprint density at radius 3 is 2.70 bits per heavy atom. The lowest BCUT2D eigenvalue weighted by Crippen LogP contribution is -2.35. The Labute approximate surface area is 191 Å². The molecule has 0 saturated heterocycles. The first-order valence-electron chi connectivity index (χ1n) is 10.6. The molecule has 0 amide bonds. The molecule has 4 rings (SSSR count). The van der Waals surface area contributed by atoms with Gasteiger partial charge in [-0.25, -0.2) is 19.3 Å². The fourth-order valence-electron chi connectivity index (χ4n) is 3.50. The van der Waals surface area contributed by atoms with Gasteiger partial charge in [0, 0.05) is 23.8 Å². The average molecular weight is 446 g/mol. The van der Waals surface area contributed by atoms with Crippen LogP contribution in [0.15, 0.2) is 66.2 Å². The molecule has 0 bridgehead atoms. The van der Waals surface area contributed by atoms with Crippen molar-refractivity contribution in [3.05, 3.63) is 77.4 Å². The third-order valence-electron chi connectivity index (χ3n) is 5.19. The van der Waals surface area contributed by atoms with Crippen LogP contribution >= 0.6 is 0 Å². The third-order valence-corrected chi connectivity index (χ3v) is 5.19. The lowest BCUT2D eigenvalue weighted by molar-refractivity contribution is 0.234. The number of aliphatic hydroxyl groups is 1. The number of rotatable bonds is 8. The molecule has 4 aromatic rings. The average Bonchev–Trinajstić information content (AvgIpc) is 3.07. The first kappa shape index (κ1) is 22.2. The largest absolute Gasteiger partial charge is 0.394 e. The van der Waals surface area contributed by atoms with E-state index in [0.29, 0.717) is 29.3 Å². The number of pyridine rings is 1.